The molecule has 1 unspecified atom stereocenters. The lowest BCUT2D eigenvalue weighted by Crippen LogP contribution is -2.26. The third-order valence-corrected chi connectivity index (χ3v) is 2.29. The molecular weight excluding hydrogens is 196 g/mol. The van der Waals surface area contributed by atoms with E-state index in [-0.39, 0.29) is 12.4 Å². The van der Waals surface area contributed by atoms with Gasteiger partial charge in [0.1, 0.15) is 0 Å². The van der Waals surface area contributed by atoms with Crippen molar-refractivity contribution in [2.24, 2.45) is 0 Å². The van der Waals surface area contributed by atoms with E-state index in [2.05, 4.69) is 0 Å². The van der Waals surface area contributed by atoms with E-state index in [1.165, 1.54) is 0 Å². The van der Waals surface area contributed by atoms with Crippen LogP contribution in [-0.2, 0) is 18.9 Å². The van der Waals surface area contributed by atoms with Gasteiger partial charge in [-0.25, -0.2) is 0 Å². The van der Waals surface area contributed by atoms with Crippen molar-refractivity contribution in [1.29, 1.82) is 0 Å². The van der Waals surface area contributed by atoms with Gasteiger partial charge in [-0.05, 0) is 26.7 Å². The molecule has 1 fully saturated rings. The van der Waals surface area contributed by atoms with Crippen molar-refractivity contribution in [2.75, 3.05) is 33.0 Å². The molecule has 0 N–H and O–H groups in total. The summed E-state index contributed by atoms with van der Waals surface area (Å²) in [7, 11) is 0. The zero-order chi connectivity index (χ0) is 10.9. The minimum absolute atomic E-state index is 0.235. The Balaban J connectivity index is 2.04. The van der Waals surface area contributed by atoms with Crippen molar-refractivity contribution >= 4 is 0 Å². The summed E-state index contributed by atoms with van der Waals surface area (Å²) in [6, 6.07) is 0. The third kappa shape index (κ3) is 5.47. The van der Waals surface area contributed by atoms with Crippen LogP contribution in [-0.4, -0.2) is 45.4 Å². The minimum atomic E-state index is -0.235. The standard InChI is InChI=1S/C11H22O4/c1-3-13-11(14-4-2)9-12-8-10-6-5-7-15-10/h10-11H,3-9H2,1-2H3. The fourth-order valence-electron chi connectivity index (χ4n) is 1.59. The molecule has 1 heterocycles. The summed E-state index contributed by atoms with van der Waals surface area (Å²) < 4.78 is 21.7. The fraction of sp³-hybridized carbons (Fsp3) is 1.00. The summed E-state index contributed by atoms with van der Waals surface area (Å²) >= 11 is 0. The van der Waals surface area contributed by atoms with Gasteiger partial charge in [0, 0.05) is 19.8 Å². The highest BCUT2D eigenvalue weighted by atomic mass is 16.7. The highest BCUT2D eigenvalue weighted by molar-refractivity contribution is 4.63. The first-order chi connectivity index (χ1) is 7.36. The van der Waals surface area contributed by atoms with E-state index in [1.807, 2.05) is 13.8 Å². The molecule has 1 rings (SSSR count). The molecule has 1 saturated heterocycles. The Labute approximate surface area is 91.8 Å². The number of hydrogen-bond acceptors (Lipinski definition) is 4. The van der Waals surface area contributed by atoms with E-state index >= 15 is 0 Å². The monoisotopic (exact) mass is 218 g/mol. The van der Waals surface area contributed by atoms with Gasteiger partial charge < -0.3 is 18.9 Å². The lowest BCUT2D eigenvalue weighted by molar-refractivity contribution is -0.171. The molecular formula is C11H22O4. The molecule has 0 aromatic rings. The Bertz CT molecular complexity index is 140. The van der Waals surface area contributed by atoms with Gasteiger partial charge in [-0.1, -0.05) is 0 Å². The Hall–Kier alpha value is -0.160. The van der Waals surface area contributed by atoms with Gasteiger partial charge in [-0.15, -0.1) is 0 Å². The van der Waals surface area contributed by atoms with E-state index in [4.69, 9.17) is 18.9 Å². The van der Waals surface area contributed by atoms with Crippen LogP contribution in [0.1, 0.15) is 26.7 Å². The summed E-state index contributed by atoms with van der Waals surface area (Å²) in [5.74, 6) is 0. The topological polar surface area (TPSA) is 36.9 Å². The molecule has 0 aliphatic carbocycles. The van der Waals surface area contributed by atoms with Crippen molar-refractivity contribution in [3.05, 3.63) is 0 Å². The lowest BCUT2D eigenvalue weighted by Gasteiger charge is -2.18. The van der Waals surface area contributed by atoms with E-state index in [0.29, 0.717) is 26.4 Å². The van der Waals surface area contributed by atoms with Crippen LogP contribution >= 0.6 is 0 Å². The van der Waals surface area contributed by atoms with Crippen LogP contribution in [0.3, 0.4) is 0 Å². The van der Waals surface area contributed by atoms with Gasteiger partial charge in [-0.3, -0.25) is 0 Å². The summed E-state index contributed by atoms with van der Waals surface area (Å²) in [6.07, 6.45) is 2.29. The number of rotatable bonds is 8. The van der Waals surface area contributed by atoms with Crippen LogP contribution in [0.15, 0.2) is 0 Å². The van der Waals surface area contributed by atoms with Gasteiger partial charge in [0.15, 0.2) is 6.29 Å². The molecule has 0 amide bonds. The summed E-state index contributed by atoms with van der Waals surface area (Å²) in [5, 5.41) is 0. The predicted molar refractivity (Wildman–Crippen MR) is 56.8 cm³/mol. The average molecular weight is 218 g/mol. The molecule has 0 bridgehead atoms. The van der Waals surface area contributed by atoms with Crippen molar-refractivity contribution in [3.63, 3.8) is 0 Å². The van der Waals surface area contributed by atoms with Gasteiger partial charge >= 0.3 is 0 Å². The SMILES string of the molecule is CCOC(COCC1CCCO1)OCC. The smallest absolute Gasteiger partial charge is 0.180 e. The fourth-order valence-corrected chi connectivity index (χ4v) is 1.59. The van der Waals surface area contributed by atoms with E-state index in [0.717, 1.165) is 19.4 Å². The number of hydrogen-bond donors (Lipinski definition) is 0. The highest BCUT2D eigenvalue weighted by Crippen LogP contribution is 2.12. The Morgan fingerprint density at radius 3 is 2.53 bits per heavy atom. The second kappa shape index (κ2) is 8.05. The summed E-state index contributed by atoms with van der Waals surface area (Å²) in [6.45, 7) is 7.20. The first-order valence-electron chi connectivity index (χ1n) is 5.79. The maximum atomic E-state index is 5.51. The van der Waals surface area contributed by atoms with E-state index in [9.17, 15) is 0 Å². The average Bonchev–Trinajstić information content (AvgIpc) is 2.71. The van der Waals surface area contributed by atoms with E-state index < -0.39 is 0 Å². The lowest BCUT2D eigenvalue weighted by atomic mass is 10.2. The van der Waals surface area contributed by atoms with Crippen LogP contribution in [0.4, 0.5) is 0 Å². The zero-order valence-electron chi connectivity index (χ0n) is 9.74. The first-order valence-corrected chi connectivity index (χ1v) is 5.79. The highest BCUT2D eigenvalue weighted by Gasteiger charge is 2.16. The summed E-state index contributed by atoms with van der Waals surface area (Å²) in [5.41, 5.74) is 0. The number of ether oxygens (including phenoxy) is 4. The Morgan fingerprint density at radius 2 is 2.00 bits per heavy atom. The van der Waals surface area contributed by atoms with E-state index in [1.54, 1.807) is 0 Å². The normalized spacial score (nSPS) is 21.4. The Kier molecular flexibility index (Phi) is 6.92. The van der Waals surface area contributed by atoms with Crippen molar-refractivity contribution in [1.82, 2.24) is 0 Å². The molecule has 1 aliphatic heterocycles. The maximum absolute atomic E-state index is 5.51. The van der Waals surface area contributed by atoms with Crippen LogP contribution in [0.2, 0.25) is 0 Å². The van der Waals surface area contributed by atoms with Crippen LogP contribution in [0, 0.1) is 0 Å². The van der Waals surface area contributed by atoms with Gasteiger partial charge in [0.25, 0.3) is 0 Å². The molecule has 1 aliphatic rings. The largest absolute Gasteiger partial charge is 0.376 e. The molecule has 0 aromatic heterocycles. The van der Waals surface area contributed by atoms with Gasteiger partial charge in [0.2, 0.25) is 0 Å². The van der Waals surface area contributed by atoms with Crippen LogP contribution in [0.25, 0.3) is 0 Å². The van der Waals surface area contributed by atoms with Gasteiger partial charge in [-0.2, -0.15) is 0 Å². The molecule has 4 heteroatoms. The molecule has 1 atom stereocenters. The molecule has 4 nitrogen and oxygen atoms in total. The molecule has 0 aromatic carbocycles. The van der Waals surface area contributed by atoms with Gasteiger partial charge in [0.05, 0.1) is 19.3 Å². The second-order valence-corrected chi connectivity index (χ2v) is 3.51. The first kappa shape index (κ1) is 12.9. The van der Waals surface area contributed by atoms with Crippen LogP contribution < -0.4 is 0 Å². The predicted octanol–water partition coefficient (Wildman–Crippen LogP) is 1.58. The van der Waals surface area contributed by atoms with Crippen molar-refractivity contribution in [2.45, 2.75) is 39.1 Å². The molecule has 90 valence electrons. The second-order valence-electron chi connectivity index (χ2n) is 3.51. The quantitative estimate of drug-likeness (QED) is 0.580. The molecule has 0 spiro atoms. The molecule has 0 radical (unpaired) electrons. The Morgan fingerprint density at radius 1 is 1.27 bits per heavy atom. The van der Waals surface area contributed by atoms with Crippen molar-refractivity contribution in [3.8, 4) is 0 Å². The van der Waals surface area contributed by atoms with Crippen LogP contribution in [0.5, 0.6) is 0 Å². The molecule has 15 heavy (non-hydrogen) atoms. The molecule has 0 saturated carbocycles. The zero-order valence-corrected chi connectivity index (χ0v) is 9.74. The minimum Gasteiger partial charge on any atom is -0.376 e. The van der Waals surface area contributed by atoms with Crippen molar-refractivity contribution < 1.29 is 18.9 Å². The maximum Gasteiger partial charge on any atom is 0.180 e. The summed E-state index contributed by atoms with van der Waals surface area (Å²) in [4.78, 5) is 0. The third-order valence-electron chi connectivity index (χ3n) is 2.29.